The third kappa shape index (κ3) is 1.47. The van der Waals surface area contributed by atoms with Crippen molar-refractivity contribution in [1.29, 1.82) is 0 Å². The van der Waals surface area contributed by atoms with E-state index in [0.717, 1.165) is 0 Å². The highest BCUT2D eigenvalue weighted by Crippen LogP contribution is 2.48. The zero-order chi connectivity index (χ0) is 6.74. The van der Waals surface area contributed by atoms with Gasteiger partial charge in [-0.05, 0) is 18.2 Å². The zero-order valence-electron chi connectivity index (χ0n) is 5.89. The van der Waals surface area contributed by atoms with E-state index in [1.807, 2.05) is 21.6 Å². The van der Waals surface area contributed by atoms with Crippen molar-refractivity contribution < 1.29 is 0 Å². The van der Waals surface area contributed by atoms with E-state index in [-0.39, 0.29) is 0 Å². The Morgan fingerprint density at radius 2 is 2.00 bits per heavy atom. The third-order valence-corrected chi connectivity index (χ3v) is 4.84. The molecule has 0 aromatic heterocycles. The summed E-state index contributed by atoms with van der Waals surface area (Å²) < 4.78 is 0.477. The minimum atomic E-state index is 0.477. The summed E-state index contributed by atoms with van der Waals surface area (Å²) in [6, 6.07) is 0. The minimum Gasteiger partial charge on any atom is -0.0785 e. The van der Waals surface area contributed by atoms with Gasteiger partial charge in [0.2, 0.25) is 0 Å². The van der Waals surface area contributed by atoms with E-state index in [1.165, 1.54) is 12.8 Å². The molecule has 52 valence electrons. The molecule has 0 N–H and O–H groups in total. The van der Waals surface area contributed by atoms with Gasteiger partial charge in [0.15, 0.2) is 0 Å². The lowest BCUT2D eigenvalue weighted by Crippen LogP contribution is -2.14. The summed E-state index contributed by atoms with van der Waals surface area (Å²) >= 11 is 0. The second-order valence-electron chi connectivity index (χ2n) is 2.25. The number of hydrogen-bond acceptors (Lipinski definition) is 2. The SMILES string of the molecule is CCC1(CC)C=CSS1. The molecule has 1 rings (SSSR count). The van der Waals surface area contributed by atoms with Crippen LogP contribution in [0.1, 0.15) is 26.7 Å². The van der Waals surface area contributed by atoms with Crippen LogP contribution in [0.3, 0.4) is 0 Å². The zero-order valence-corrected chi connectivity index (χ0v) is 7.52. The topological polar surface area (TPSA) is 0 Å². The highest BCUT2D eigenvalue weighted by molar-refractivity contribution is 8.78. The van der Waals surface area contributed by atoms with Crippen LogP contribution in [0, 0.1) is 0 Å². The van der Waals surface area contributed by atoms with Crippen molar-refractivity contribution in [2.24, 2.45) is 0 Å². The summed E-state index contributed by atoms with van der Waals surface area (Å²) in [5, 5.41) is 2.21. The lowest BCUT2D eigenvalue weighted by Gasteiger charge is -2.20. The van der Waals surface area contributed by atoms with Crippen molar-refractivity contribution in [2.45, 2.75) is 31.4 Å². The average Bonchev–Trinajstić information content (AvgIpc) is 2.36. The Labute approximate surface area is 64.9 Å². The number of hydrogen-bond donors (Lipinski definition) is 0. The fraction of sp³-hybridized carbons (Fsp3) is 0.714. The predicted octanol–water partition coefficient (Wildman–Crippen LogP) is 3.45. The van der Waals surface area contributed by atoms with Crippen LogP contribution in [0.4, 0.5) is 0 Å². The molecule has 1 aliphatic heterocycles. The monoisotopic (exact) mass is 160 g/mol. The molecule has 0 unspecified atom stereocenters. The van der Waals surface area contributed by atoms with Crippen LogP contribution < -0.4 is 0 Å². The van der Waals surface area contributed by atoms with E-state index < -0.39 is 0 Å². The fourth-order valence-corrected chi connectivity index (χ4v) is 3.70. The molecular weight excluding hydrogens is 148 g/mol. The molecule has 0 saturated heterocycles. The first-order valence-electron chi connectivity index (χ1n) is 3.35. The quantitative estimate of drug-likeness (QED) is 0.567. The highest BCUT2D eigenvalue weighted by atomic mass is 33.1. The molecule has 2 heteroatoms. The van der Waals surface area contributed by atoms with Crippen molar-refractivity contribution in [3.8, 4) is 0 Å². The normalized spacial score (nSPS) is 22.9. The Morgan fingerprint density at radius 3 is 2.22 bits per heavy atom. The van der Waals surface area contributed by atoms with Gasteiger partial charge in [-0.15, -0.1) is 0 Å². The molecule has 0 atom stereocenters. The maximum atomic E-state index is 2.34. The van der Waals surface area contributed by atoms with Gasteiger partial charge >= 0.3 is 0 Å². The second kappa shape index (κ2) is 3.02. The first-order valence-corrected chi connectivity index (χ1v) is 5.56. The molecule has 0 aromatic rings. The van der Waals surface area contributed by atoms with Gasteiger partial charge in [0, 0.05) is 4.75 Å². The molecule has 1 aliphatic rings. The van der Waals surface area contributed by atoms with Crippen molar-refractivity contribution in [3.63, 3.8) is 0 Å². The minimum absolute atomic E-state index is 0.477. The maximum absolute atomic E-state index is 2.34. The summed E-state index contributed by atoms with van der Waals surface area (Å²) in [5.41, 5.74) is 0. The highest BCUT2D eigenvalue weighted by Gasteiger charge is 2.26. The lowest BCUT2D eigenvalue weighted by molar-refractivity contribution is 0.667. The molecule has 0 spiro atoms. The molecule has 0 aromatic carbocycles. The second-order valence-corrected chi connectivity index (χ2v) is 4.78. The van der Waals surface area contributed by atoms with Gasteiger partial charge in [-0.2, -0.15) is 0 Å². The third-order valence-electron chi connectivity index (χ3n) is 1.84. The molecule has 0 saturated carbocycles. The summed E-state index contributed by atoms with van der Waals surface area (Å²) in [6.45, 7) is 4.51. The van der Waals surface area contributed by atoms with E-state index in [9.17, 15) is 0 Å². The fourth-order valence-electron chi connectivity index (χ4n) is 0.907. The largest absolute Gasteiger partial charge is 0.0785 e. The van der Waals surface area contributed by atoms with Gasteiger partial charge in [0.25, 0.3) is 0 Å². The summed E-state index contributed by atoms with van der Waals surface area (Å²) in [4.78, 5) is 0. The lowest BCUT2D eigenvalue weighted by atomic mass is 10.0. The average molecular weight is 160 g/mol. The van der Waals surface area contributed by atoms with Gasteiger partial charge in [-0.1, -0.05) is 41.5 Å². The van der Waals surface area contributed by atoms with Gasteiger partial charge < -0.3 is 0 Å². The predicted molar refractivity (Wildman–Crippen MR) is 47.6 cm³/mol. The molecule has 0 radical (unpaired) electrons. The van der Waals surface area contributed by atoms with Crippen molar-refractivity contribution in [1.82, 2.24) is 0 Å². The maximum Gasteiger partial charge on any atom is 0.0448 e. The Kier molecular flexibility index (Phi) is 2.53. The van der Waals surface area contributed by atoms with E-state index in [0.29, 0.717) is 4.75 Å². The van der Waals surface area contributed by atoms with Crippen molar-refractivity contribution in [3.05, 3.63) is 11.5 Å². The van der Waals surface area contributed by atoms with Crippen LogP contribution >= 0.6 is 21.6 Å². The summed E-state index contributed by atoms with van der Waals surface area (Å²) in [5.74, 6) is 0. The van der Waals surface area contributed by atoms with Crippen LogP contribution in [0.15, 0.2) is 11.5 Å². The molecule has 0 amide bonds. The summed E-state index contributed by atoms with van der Waals surface area (Å²) in [6.07, 6.45) is 4.86. The van der Waals surface area contributed by atoms with Gasteiger partial charge in [-0.25, -0.2) is 0 Å². The molecule has 9 heavy (non-hydrogen) atoms. The first kappa shape index (κ1) is 7.55. The summed E-state index contributed by atoms with van der Waals surface area (Å²) in [7, 11) is 3.86. The Balaban J connectivity index is 2.57. The molecule has 0 fully saturated rings. The first-order chi connectivity index (χ1) is 4.33. The smallest absolute Gasteiger partial charge is 0.0448 e. The standard InChI is InChI=1S/C7H12S2/c1-3-7(4-2)5-6-8-9-7/h5-6H,3-4H2,1-2H3. The van der Waals surface area contributed by atoms with Crippen LogP contribution in [0.25, 0.3) is 0 Å². The molecule has 1 heterocycles. The van der Waals surface area contributed by atoms with Gasteiger partial charge in [0.1, 0.15) is 0 Å². The van der Waals surface area contributed by atoms with Crippen molar-refractivity contribution >= 4 is 21.6 Å². The van der Waals surface area contributed by atoms with Crippen LogP contribution in [0.5, 0.6) is 0 Å². The van der Waals surface area contributed by atoms with Gasteiger partial charge in [0.05, 0.1) is 0 Å². The van der Waals surface area contributed by atoms with Crippen molar-refractivity contribution in [2.75, 3.05) is 0 Å². The van der Waals surface area contributed by atoms with E-state index >= 15 is 0 Å². The molecule has 0 nitrogen and oxygen atoms in total. The van der Waals surface area contributed by atoms with Gasteiger partial charge in [-0.3, -0.25) is 0 Å². The van der Waals surface area contributed by atoms with E-state index in [4.69, 9.17) is 0 Å². The molecule has 0 bridgehead atoms. The van der Waals surface area contributed by atoms with E-state index in [1.54, 1.807) is 0 Å². The van der Waals surface area contributed by atoms with E-state index in [2.05, 4.69) is 25.3 Å². The van der Waals surface area contributed by atoms with Crippen LogP contribution in [-0.4, -0.2) is 4.75 Å². The number of rotatable bonds is 2. The molecule has 0 aliphatic carbocycles. The molecular formula is C7H12S2. The Morgan fingerprint density at radius 1 is 1.33 bits per heavy atom. The van der Waals surface area contributed by atoms with Crippen LogP contribution in [0.2, 0.25) is 0 Å². The Bertz CT molecular complexity index is 114. The van der Waals surface area contributed by atoms with Crippen LogP contribution in [-0.2, 0) is 0 Å². The Hall–Kier alpha value is 0.440.